The highest BCUT2D eigenvalue weighted by Gasteiger charge is 2.72. The maximum absolute atomic E-state index is 14.0. The second-order valence-electron chi connectivity index (χ2n) is 14.4. The Labute approximate surface area is 217 Å². The van der Waals surface area contributed by atoms with E-state index in [-0.39, 0.29) is 46.6 Å². The number of carbonyl (C=O) groups is 2. The highest BCUT2D eigenvalue weighted by Crippen LogP contribution is 2.75. The summed E-state index contributed by atoms with van der Waals surface area (Å²) < 4.78 is 5.26. The minimum absolute atomic E-state index is 0.0181. The number of allylic oxidation sites excluding steroid dienone is 2. The van der Waals surface area contributed by atoms with E-state index in [0.29, 0.717) is 17.3 Å². The van der Waals surface area contributed by atoms with Crippen molar-refractivity contribution in [2.24, 2.45) is 61.8 Å². The third-order valence-corrected chi connectivity index (χ3v) is 13.5. The third-order valence-electron chi connectivity index (χ3n) is 13.5. The van der Waals surface area contributed by atoms with Gasteiger partial charge >= 0.3 is 5.97 Å². The first-order chi connectivity index (χ1) is 16.8. The predicted octanol–water partition coefficient (Wildman–Crippen LogP) is 6.83. The zero-order valence-corrected chi connectivity index (χ0v) is 23.7. The molecular formula is C31H47NO4. The van der Waals surface area contributed by atoms with Gasteiger partial charge in [-0.3, -0.25) is 9.59 Å². The van der Waals surface area contributed by atoms with Gasteiger partial charge < -0.3 is 9.94 Å². The molecule has 0 aromatic heterocycles. The van der Waals surface area contributed by atoms with Crippen LogP contribution in [-0.4, -0.2) is 29.8 Å². The lowest BCUT2D eigenvalue weighted by atomic mass is 9.33. The summed E-state index contributed by atoms with van der Waals surface area (Å²) in [6.45, 7) is 16.4. The lowest BCUT2D eigenvalue weighted by molar-refractivity contribution is -0.185. The molecule has 4 fully saturated rings. The molecule has 5 aliphatic rings. The average molecular weight is 498 g/mol. The number of rotatable bonds is 1. The number of hydrogen-bond acceptors (Lipinski definition) is 5. The molecule has 2 unspecified atom stereocenters. The quantitative estimate of drug-likeness (QED) is 0.186. The topological polar surface area (TPSA) is 76.0 Å². The molecule has 1 N–H and O–H groups in total. The summed E-state index contributed by atoms with van der Waals surface area (Å²) in [7, 11) is 1.39. The maximum atomic E-state index is 14.0. The molecule has 200 valence electrons. The monoisotopic (exact) mass is 497 g/mol. The van der Waals surface area contributed by atoms with Gasteiger partial charge in [0.2, 0.25) is 0 Å². The molecule has 4 saturated carbocycles. The summed E-state index contributed by atoms with van der Waals surface area (Å²) >= 11 is 0. The van der Waals surface area contributed by atoms with Crippen molar-refractivity contribution < 1.29 is 19.5 Å². The first-order valence-electron chi connectivity index (χ1n) is 14.3. The van der Waals surface area contributed by atoms with Gasteiger partial charge in [-0.1, -0.05) is 58.3 Å². The summed E-state index contributed by atoms with van der Waals surface area (Å²) in [5, 5.41) is 13.3. The normalized spacial score (nSPS) is 53.4. The van der Waals surface area contributed by atoms with Crippen LogP contribution in [0.1, 0.15) is 99.8 Å². The Balaban J connectivity index is 1.64. The van der Waals surface area contributed by atoms with Crippen LogP contribution in [0.25, 0.3) is 0 Å². The Kier molecular flexibility index (Phi) is 5.72. The highest BCUT2D eigenvalue weighted by molar-refractivity contribution is 6.17. The van der Waals surface area contributed by atoms with E-state index in [1.807, 2.05) is 6.92 Å². The number of Topliss-reactive ketones (excluding diaryl/α,β-unsaturated/α-hetero) is 1. The van der Waals surface area contributed by atoms with Gasteiger partial charge in [0.1, 0.15) is 11.2 Å². The van der Waals surface area contributed by atoms with Gasteiger partial charge in [0, 0.05) is 11.8 Å². The molecule has 5 nitrogen and oxygen atoms in total. The smallest absolute Gasteiger partial charge is 0.317 e. The van der Waals surface area contributed by atoms with Crippen LogP contribution in [-0.2, 0) is 14.3 Å². The fraction of sp³-hybridized carbons (Fsp3) is 0.839. The average Bonchev–Trinajstić information content (AvgIpc) is 2.84. The highest BCUT2D eigenvalue weighted by atomic mass is 16.5. The second-order valence-corrected chi connectivity index (χ2v) is 14.4. The van der Waals surface area contributed by atoms with Crippen molar-refractivity contribution in [3.8, 4) is 0 Å². The third kappa shape index (κ3) is 2.86. The first kappa shape index (κ1) is 26.0. The second kappa shape index (κ2) is 7.93. The number of fused-ring (bicyclic) bond motifs is 7. The van der Waals surface area contributed by atoms with Gasteiger partial charge in [-0.2, -0.15) is 0 Å². The van der Waals surface area contributed by atoms with Gasteiger partial charge in [0.15, 0.2) is 0 Å². The number of ketones is 1. The van der Waals surface area contributed by atoms with Gasteiger partial charge in [-0.15, -0.1) is 0 Å². The van der Waals surface area contributed by atoms with Crippen molar-refractivity contribution in [1.29, 1.82) is 0 Å². The Morgan fingerprint density at radius 2 is 1.72 bits per heavy atom. The molecule has 36 heavy (non-hydrogen) atoms. The maximum Gasteiger partial charge on any atom is 0.317 e. The van der Waals surface area contributed by atoms with Crippen LogP contribution in [0.4, 0.5) is 0 Å². The van der Waals surface area contributed by atoms with Crippen molar-refractivity contribution in [1.82, 2.24) is 0 Å². The van der Waals surface area contributed by atoms with E-state index in [1.54, 1.807) is 5.57 Å². The Morgan fingerprint density at radius 1 is 1.03 bits per heavy atom. The fourth-order valence-corrected chi connectivity index (χ4v) is 10.7. The van der Waals surface area contributed by atoms with Crippen LogP contribution in [0.2, 0.25) is 0 Å². The van der Waals surface area contributed by atoms with E-state index in [4.69, 9.17) is 4.74 Å². The van der Waals surface area contributed by atoms with E-state index >= 15 is 0 Å². The minimum atomic E-state index is -1.09. The number of hydrogen-bond donors (Lipinski definition) is 1. The molecule has 5 heteroatoms. The summed E-state index contributed by atoms with van der Waals surface area (Å²) in [4.78, 5) is 27.2. The number of esters is 1. The van der Waals surface area contributed by atoms with Gasteiger partial charge in [-0.05, 0) is 97.7 Å². The molecule has 0 radical (unpaired) electrons. The standard InChI is InChI=1S/C31H47NO4/c1-18-11-13-27(3)15-16-28(4)20(25(27)19(18)2)9-10-21-29(28,5)14-12-22-30(21,6)24(33)17-23(32-35)31(22,7)26(34)36-8/h9,18-19,21-22,25,35H,10-17H2,1-8H3/t18-,19+,21+,22?,25+,27-,28-,29-,30-,31?/m1/s1. The first-order valence-corrected chi connectivity index (χ1v) is 14.3. The largest absolute Gasteiger partial charge is 0.468 e. The van der Waals surface area contributed by atoms with Crippen molar-refractivity contribution >= 4 is 17.5 Å². The van der Waals surface area contributed by atoms with E-state index in [1.165, 1.54) is 32.8 Å². The van der Waals surface area contributed by atoms with Crippen molar-refractivity contribution in [3.05, 3.63) is 11.6 Å². The molecule has 0 heterocycles. The number of oxime groups is 1. The van der Waals surface area contributed by atoms with Crippen LogP contribution in [0.15, 0.2) is 16.8 Å². The number of carbonyl (C=O) groups excluding carboxylic acids is 2. The molecule has 0 bridgehead atoms. The molecule has 0 spiro atoms. The molecule has 5 aliphatic carbocycles. The number of methoxy groups -OCH3 is 1. The Morgan fingerprint density at radius 3 is 2.36 bits per heavy atom. The van der Waals surface area contributed by atoms with Crippen LogP contribution in [0.3, 0.4) is 0 Å². The van der Waals surface area contributed by atoms with Gasteiger partial charge in [0.05, 0.1) is 12.8 Å². The molecule has 5 rings (SSSR count). The van der Waals surface area contributed by atoms with E-state index in [9.17, 15) is 14.8 Å². The van der Waals surface area contributed by atoms with Gasteiger partial charge in [0.25, 0.3) is 0 Å². The van der Waals surface area contributed by atoms with E-state index in [2.05, 4.69) is 52.8 Å². The zero-order valence-electron chi connectivity index (χ0n) is 23.7. The van der Waals surface area contributed by atoms with Crippen LogP contribution in [0.5, 0.6) is 0 Å². The Hall–Kier alpha value is -1.65. The van der Waals surface area contributed by atoms with E-state index < -0.39 is 10.8 Å². The molecule has 0 saturated heterocycles. The molecule has 0 aromatic rings. The Bertz CT molecular complexity index is 1050. The molecule has 0 aliphatic heterocycles. The lowest BCUT2D eigenvalue weighted by Gasteiger charge is -2.70. The molecule has 0 aromatic carbocycles. The number of ether oxygens (including phenoxy) is 1. The predicted molar refractivity (Wildman–Crippen MR) is 141 cm³/mol. The SMILES string of the molecule is COC(=O)C1(C)C(=NO)CC(=O)[C@@]2(C)C1CC[C@]1(C)[C@@H]2CC=C2[C@@H]3[C@@H](C)[C@H](C)CC[C@]3(C)CC[C@]21C. The molecular weight excluding hydrogens is 450 g/mol. The summed E-state index contributed by atoms with van der Waals surface area (Å²) in [6, 6.07) is 0. The van der Waals surface area contributed by atoms with Crippen LogP contribution in [0, 0.1) is 56.7 Å². The fourth-order valence-electron chi connectivity index (χ4n) is 10.7. The molecule has 0 amide bonds. The van der Waals surface area contributed by atoms with E-state index in [0.717, 1.165) is 25.2 Å². The summed E-state index contributed by atoms with van der Waals surface area (Å²) in [5.41, 5.74) is 0.586. The minimum Gasteiger partial charge on any atom is -0.468 e. The van der Waals surface area contributed by atoms with Crippen molar-refractivity contribution in [3.63, 3.8) is 0 Å². The van der Waals surface area contributed by atoms with Crippen molar-refractivity contribution in [2.45, 2.75) is 99.8 Å². The van der Waals surface area contributed by atoms with Crippen LogP contribution < -0.4 is 0 Å². The summed E-state index contributed by atoms with van der Waals surface area (Å²) in [6.07, 6.45) is 10.2. The zero-order chi connectivity index (χ0) is 26.5. The molecule has 10 atom stereocenters. The summed E-state index contributed by atoms with van der Waals surface area (Å²) in [5.74, 6) is 1.67. The number of nitrogens with zero attached hydrogens (tertiary/aromatic N) is 1. The van der Waals surface area contributed by atoms with Crippen molar-refractivity contribution in [2.75, 3.05) is 7.11 Å². The lowest BCUT2D eigenvalue weighted by Crippen LogP contribution is -2.68. The van der Waals surface area contributed by atoms with Crippen LogP contribution >= 0.6 is 0 Å². The van der Waals surface area contributed by atoms with Gasteiger partial charge in [-0.25, -0.2) is 0 Å².